The molecule has 2 saturated heterocycles. The Morgan fingerprint density at radius 1 is 0.824 bits per heavy atom. The van der Waals surface area contributed by atoms with Crippen LogP contribution in [0.3, 0.4) is 0 Å². The second-order valence-electron chi connectivity index (χ2n) is 11.1. The number of hydrogen-bond donors (Lipinski definition) is 0. The number of nitrogens with zero attached hydrogens (tertiary/aromatic N) is 1. The van der Waals surface area contributed by atoms with E-state index in [0.29, 0.717) is 12.5 Å². The lowest BCUT2D eigenvalue weighted by molar-refractivity contribution is -0.968. The first kappa shape index (κ1) is 23.8. The summed E-state index contributed by atoms with van der Waals surface area (Å²) in [6.45, 7) is 9.25. The molecule has 0 N–H and O–H groups in total. The molecule has 0 radical (unpaired) electrons. The first-order valence-electron chi connectivity index (χ1n) is 12.7. The van der Waals surface area contributed by atoms with Crippen LogP contribution < -0.4 is 17.0 Å². The fraction of sp³-hybridized carbons (Fsp3) is 0.419. The molecule has 0 aromatic heterocycles. The average molecular weight is 519 g/mol. The van der Waals surface area contributed by atoms with E-state index < -0.39 is 0 Å². The van der Waals surface area contributed by atoms with Crippen LogP contribution in [0.1, 0.15) is 43.4 Å². The Bertz CT molecular complexity index is 1110. The topological polar surface area (TPSA) is 9.23 Å². The number of ether oxygens (including phenoxy) is 1. The predicted octanol–water partition coefficient (Wildman–Crippen LogP) is 3.57. The van der Waals surface area contributed by atoms with Gasteiger partial charge in [0.1, 0.15) is 18.6 Å². The Labute approximate surface area is 215 Å². The van der Waals surface area contributed by atoms with Gasteiger partial charge in [0.15, 0.2) is 5.60 Å². The maximum Gasteiger partial charge on any atom is 0.151 e. The maximum atomic E-state index is 7.18. The molecule has 1 saturated carbocycles. The fourth-order valence-electron chi connectivity index (χ4n) is 8.36. The van der Waals surface area contributed by atoms with E-state index in [4.69, 9.17) is 4.74 Å². The minimum atomic E-state index is -0.241. The van der Waals surface area contributed by atoms with Crippen LogP contribution in [-0.4, -0.2) is 23.1 Å². The lowest BCUT2D eigenvalue weighted by Crippen LogP contribution is -3.00. The van der Waals surface area contributed by atoms with Crippen molar-refractivity contribution in [2.24, 2.45) is 17.8 Å². The van der Waals surface area contributed by atoms with Gasteiger partial charge in [-0.1, -0.05) is 97.9 Å². The van der Waals surface area contributed by atoms with Gasteiger partial charge in [-0.3, -0.25) is 0 Å². The monoisotopic (exact) mass is 517 g/mol. The minimum Gasteiger partial charge on any atom is -1.00 e. The highest BCUT2D eigenvalue weighted by atomic mass is 79.9. The van der Waals surface area contributed by atoms with Crippen LogP contribution in [0.25, 0.3) is 0 Å². The maximum absolute atomic E-state index is 7.18. The van der Waals surface area contributed by atoms with Gasteiger partial charge in [0.05, 0.1) is 19.1 Å². The van der Waals surface area contributed by atoms with Gasteiger partial charge in [0.25, 0.3) is 0 Å². The zero-order chi connectivity index (χ0) is 22.5. The van der Waals surface area contributed by atoms with Crippen LogP contribution in [-0.2, 0) is 23.5 Å². The Morgan fingerprint density at radius 2 is 1.41 bits per heavy atom. The van der Waals surface area contributed by atoms with Crippen molar-refractivity contribution in [3.63, 3.8) is 0 Å². The van der Waals surface area contributed by atoms with Crippen LogP contribution in [0.15, 0.2) is 91.0 Å². The summed E-state index contributed by atoms with van der Waals surface area (Å²) in [5.41, 5.74) is 4.12. The quantitative estimate of drug-likeness (QED) is 0.454. The lowest BCUT2D eigenvalue weighted by Gasteiger charge is -2.43. The van der Waals surface area contributed by atoms with E-state index in [2.05, 4.69) is 105 Å². The molecule has 2 aliphatic heterocycles. The van der Waals surface area contributed by atoms with Crippen LogP contribution in [0.4, 0.5) is 0 Å². The van der Waals surface area contributed by atoms with Crippen LogP contribution in [0, 0.1) is 17.8 Å². The molecule has 2 heterocycles. The Balaban J connectivity index is 0.00000241. The van der Waals surface area contributed by atoms with Gasteiger partial charge in [-0.2, -0.15) is 0 Å². The number of benzene rings is 3. The Morgan fingerprint density at radius 3 is 2.06 bits per heavy atom. The average Bonchev–Trinajstić information content (AvgIpc) is 3.39. The molecule has 3 heteroatoms. The molecular weight excluding hydrogens is 482 g/mol. The van der Waals surface area contributed by atoms with Crippen molar-refractivity contribution < 1.29 is 26.2 Å². The van der Waals surface area contributed by atoms with E-state index in [1.54, 1.807) is 0 Å². The summed E-state index contributed by atoms with van der Waals surface area (Å²) in [4.78, 5) is 0. The molecule has 0 unspecified atom stereocenters. The van der Waals surface area contributed by atoms with Gasteiger partial charge in [-0.05, 0) is 30.9 Å². The summed E-state index contributed by atoms with van der Waals surface area (Å²) in [6, 6.07) is 33.1. The molecule has 34 heavy (non-hydrogen) atoms. The van der Waals surface area contributed by atoms with E-state index in [-0.39, 0.29) is 28.1 Å². The third-order valence-corrected chi connectivity index (χ3v) is 9.60. The van der Waals surface area contributed by atoms with Gasteiger partial charge < -0.3 is 26.2 Å². The van der Waals surface area contributed by atoms with Crippen molar-refractivity contribution in [3.05, 3.63) is 108 Å². The van der Waals surface area contributed by atoms with Crippen LogP contribution in [0.2, 0.25) is 0 Å². The SMILES string of the molecule is C[C@@H]1C[N@@+]2(Cc3ccccc3)C[C@](OCc3ccccc3)(c3ccccc3)[C@H]3CC[C@@H]1[C@]32C.[Br-]. The van der Waals surface area contributed by atoms with Crippen molar-refractivity contribution in [3.8, 4) is 0 Å². The normalized spacial score (nSPS) is 35.6. The minimum absolute atomic E-state index is 0. The molecule has 3 fully saturated rings. The standard InChI is InChI=1S/C31H36NO.BrH/c1-24-20-32(21-25-12-6-3-7-13-25)23-31(27-16-10-5-11-17-27,29-19-18-28(24)30(29,32)2)33-22-26-14-8-4-9-15-26;/h3-17,24,28-29H,18-23H2,1-2H3;1H/q+1;/p-1/t24-,28+,29+,30-,31+,32-;/m1./s1. The first-order chi connectivity index (χ1) is 16.1. The number of hydrogen-bond acceptors (Lipinski definition) is 1. The van der Waals surface area contributed by atoms with Gasteiger partial charge in [-0.15, -0.1) is 0 Å². The van der Waals surface area contributed by atoms with E-state index >= 15 is 0 Å². The third-order valence-electron chi connectivity index (χ3n) is 9.60. The Hall–Kier alpha value is -1.94. The molecule has 0 spiro atoms. The second kappa shape index (κ2) is 8.93. The van der Waals surface area contributed by atoms with Crippen LogP contribution >= 0.6 is 0 Å². The van der Waals surface area contributed by atoms with Gasteiger partial charge >= 0.3 is 0 Å². The van der Waals surface area contributed by atoms with Crippen molar-refractivity contribution in [1.29, 1.82) is 0 Å². The van der Waals surface area contributed by atoms with Gasteiger partial charge in [-0.25, -0.2) is 0 Å². The number of quaternary nitrogens is 1. The zero-order valence-corrected chi connectivity index (χ0v) is 22.0. The van der Waals surface area contributed by atoms with Crippen molar-refractivity contribution in [2.75, 3.05) is 13.1 Å². The molecule has 3 aliphatic rings. The highest BCUT2D eigenvalue weighted by molar-refractivity contribution is 5.30. The van der Waals surface area contributed by atoms with Crippen LogP contribution in [0.5, 0.6) is 0 Å². The molecular formula is C31H36BrNO. The summed E-state index contributed by atoms with van der Waals surface area (Å²) in [6.07, 6.45) is 2.60. The van der Waals surface area contributed by atoms with E-state index in [0.717, 1.165) is 29.4 Å². The summed E-state index contributed by atoms with van der Waals surface area (Å²) < 4.78 is 8.34. The number of rotatable bonds is 6. The largest absolute Gasteiger partial charge is 1.00 e. The Kier molecular flexibility index (Phi) is 6.25. The van der Waals surface area contributed by atoms with E-state index in [9.17, 15) is 0 Å². The summed E-state index contributed by atoms with van der Waals surface area (Å²) in [5.74, 6) is 2.08. The van der Waals surface area contributed by atoms with E-state index in [1.165, 1.54) is 36.1 Å². The zero-order valence-electron chi connectivity index (χ0n) is 20.4. The molecule has 0 amide bonds. The molecule has 6 atom stereocenters. The summed E-state index contributed by atoms with van der Waals surface area (Å²) in [7, 11) is 0. The molecule has 3 aromatic rings. The molecule has 2 nitrogen and oxygen atoms in total. The summed E-state index contributed by atoms with van der Waals surface area (Å²) in [5, 5.41) is 0. The smallest absolute Gasteiger partial charge is 0.151 e. The molecule has 6 rings (SSSR count). The fourth-order valence-corrected chi connectivity index (χ4v) is 8.36. The predicted molar refractivity (Wildman–Crippen MR) is 133 cm³/mol. The molecule has 3 aromatic carbocycles. The van der Waals surface area contributed by atoms with E-state index in [1.807, 2.05) is 0 Å². The highest BCUT2D eigenvalue weighted by Crippen LogP contribution is 2.68. The summed E-state index contributed by atoms with van der Waals surface area (Å²) >= 11 is 0. The van der Waals surface area contributed by atoms with Gasteiger partial charge in [0, 0.05) is 17.4 Å². The van der Waals surface area contributed by atoms with Crippen molar-refractivity contribution in [2.45, 2.75) is 51.0 Å². The van der Waals surface area contributed by atoms with Crippen molar-refractivity contribution in [1.82, 2.24) is 0 Å². The molecule has 1 aliphatic carbocycles. The lowest BCUT2D eigenvalue weighted by atomic mass is 9.73. The number of halogens is 1. The second-order valence-corrected chi connectivity index (χ2v) is 11.1. The highest BCUT2D eigenvalue weighted by Gasteiger charge is 2.78. The molecule has 0 bridgehead atoms. The van der Waals surface area contributed by atoms with Gasteiger partial charge in [0.2, 0.25) is 0 Å². The molecule has 178 valence electrons. The third kappa shape index (κ3) is 3.43. The first-order valence-corrected chi connectivity index (χ1v) is 12.7. The van der Waals surface area contributed by atoms with Crippen molar-refractivity contribution >= 4 is 0 Å².